The number of anilines is 1. The number of ether oxygens (including phenoxy) is 1. The van der Waals surface area contributed by atoms with Crippen molar-refractivity contribution in [1.29, 1.82) is 0 Å². The van der Waals surface area contributed by atoms with E-state index in [1.807, 2.05) is 55.6 Å². The lowest BCUT2D eigenvalue weighted by Crippen LogP contribution is -2.13. The SMILES string of the molecule is CCOc1ccc(C(=O)Nc2ccccc2SC)cc1CSc1ccc(C)cc1. The van der Waals surface area contributed by atoms with Crippen molar-refractivity contribution in [3.05, 3.63) is 83.4 Å². The maximum Gasteiger partial charge on any atom is 0.255 e. The number of benzene rings is 3. The van der Waals surface area contributed by atoms with Gasteiger partial charge in [-0.05, 0) is 62.6 Å². The van der Waals surface area contributed by atoms with E-state index in [0.29, 0.717) is 12.2 Å². The average Bonchev–Trinajstić information content (AvgIpc) is 2.74. The number of nitrogens with one attached hydrogen (secondary N) is 1. The van der Waals surface area contributed by atoms with Gasteiger partial charge >= 0.3 is 0 Å². The highest BCUT2D eigenvalue weighted by Crippen LogP contribution is 2.30. The van der Waals surface area contributed by atoms with Crippen molar-refractivity contribution in [2.24, 2.45) is 0 Å². The standard InChI is InChI=1S/C24H25NO2S2/c1-4-27-22-14-11-18(24(26)25-21-7-5-6-8-23(21)28-3)15-19(22)16-29-20-12-9-17(2)10-13-20/h5-15H,4,16H2,1-3H3,(H,25,26). The van der Waals surface area contributed by atoms with E-state index < -0.39 is 0 Å². The summed E-state index contributed by atoms with van der Waals surface area (Å²) in [6, 6.07) is 21.9. The van der Waals surface area contributed by atoms with E-state index in [4.69, 9.17) is 4.74 Å². The molecule has 0 atom stereocenters. The largest absolute Gasteiger partial charge is 0.494 e. The molecule has 3 nitrogen and oxygen atoms in total. The fraction of sp³-hybridized carbons (Fsp3) is 0.208. The first-order valence-corrected chi connectivity index (χ1v) is 11.7. The molecule has 0 fully saturated rings. The monoisotopic (exact) mass is 423 g/mol. The second kappa shape index (κ2) is 10.4. The Morgan fingerprint density at radius 2 is 1.79 bits per heavy atom. The maximum atomic E-state index is 12.8. The van der Waals surface area contributed by atoms with Crippen LogP contribution in [0.4, 0.5) is 5.69 Å². The molecule has 5 heteroatoms. The van der Waals surface area contributed by atoms with Crippen LogP contribution < -0.4 is 10.1 Å². The van der Waals surface area contributed by atoms with Gasteiger partial charge < -0.3 is 10.1 Å². The van der Waals surface area contributed by atoms with Gasteiger partial charge in [0, 0.05) is 26.7 Å². The second-order valence-electron chi connectivity index (χ2n) is 6.51. The number of hydrogen-bond acceptors (Lipinski definition) is 4. The Morgan fingerprint density at radius 3 is 2.52 bits per heavy atom. The summed E-state index contributed by atoms with van der Waals surface area (Å²) >= 11 is 3.35. The maximum absolute atomic E-state index is 12.8. The van der Waals surface area contributed by atoms with Crippen LogP contribution >= 0.6 is 23.5 Å². The normalized spacial score (nSPS) is 10.6. The first-order chi connectivity index (χ1) is 14.1. The van der Waals surface area contributed by atoms with Gasteiger partial charge in [0.05, 0.1) is 12.3 Å². The van der Waals surface area contributed by atoms with Gasteiger partial charge in [0.2, 0.25) is 0 Å². The van der Waals surface area contributed by atoms with Gasteiger partial charge in [-0.3, -0.25) is 4.79 Å². The van der Waals surface area contributed by atoms with Crippen LogP contribution in [0.15, 0.2) is 76.5 Å². The Hall–Kier alpha value is -2.37. The molecule has 3 aromatic rings. The van der Waals surface area contributed by atoms with Crippen LogP contribution in [0.3, 0.4) is 0 Å². The average molecular weight is 424 g/mol. The lowest BCUT2D eigenvalue weighted by atomic mass is 10.1. The fourth-order valence-corrected chi connectivity index (χ4v) is 4.30. The van der Waals surface area contributed by atoms with Crippen molar-refractivity contribution in [3.8, 4) is 5.75 Å². The number of carbonyl (C=O) groups excluding carboxylic acids is 1. The highest BCUT2D eigenvalue weighted by atomic mass is 32.2. The van der Waals surface area contributed by atoms with Crippen LogP contribution in [0.5, 0.6) is 5.75 Å². The first-order valence-electron chi connectivity index (χ1n) is 9.50. The molecule has 0 spiro atoms. The molecule has 0 saturated carbocycles. The molecule has 0 aromatic heterocycles. The topological polar surface area (TPSA) is 38.3 Å². The van der Waals surface area contributed by atoms with Gasteiger partial charge in [0.25, 0.3) is 5.91 Å². The third kappa shape index (κ3) is 5.81. The zero-order valence-corrected chi connectivity index (χ0v) is 18.5. The van der Waals surface area contributed by atoms with E-state index in [9.17, 15) is 4.79 Å². The van der Waals surface area contributed by atoms with Gasteiger partial charge in [-0.15, -0.1) is 23.5 Å². The number of thioether (sulfide) groups is 2. The van der Waals surface area contributed by atoms with E-state index in [1.165, 1.54) is 10.5 Å². The predicted octanol–water partition coefficient (Wildman–Crippen LogP) is 6.66. The summed E-state index contributed by atoms with van der Waals surface area (Å²) in [5.74, 6) is 1.45. The molecule has 29 heavy (non-hydrogen) atoms. The highest BCUT2D eigenvalue weighted by molar-refractivity contribution is 7.98. The molecule has 1 N–H and O–H groups in total. The van der Waals surface area contributed by atoms with Gasteiger partial charge in [-0.25, -0.2) is 0 Å². The van der Waals surface area contributed by atoms with E-state index in [0.717, 1.165) is 27.6 Å². The molecule has 0 heterocycles. The number of carbonyl (C=O) groups is 1. The van der Waals surface area contributed by atoms with Crippen molar-refractivity contribution < 1.29 is 9.53 Å². The van der Waals surface area contributed by atoms with Crippen LogP contribution in [0.25, 0.3) is 0 Å². The van der Waals surface area contributed by atoms with Crippen molar-refractivity contribution in [2.45, 2.75) is 29.4 Å². The molecule has 0 unspecified atom stereocenters. The predicted molar refractivity (Wildman–Crippen MR) is 125 cm³/mol. The number of hydrogen-bond donors (Lipinski definition) is 1. The summed E-state index contributed by atoms with van der Waals surface area (Å²) in [7, 11) is 0. The minimum Gasteiger partial charge on any atom is -0.494 e. The lowest BCUT2D eigenvalue weighted by molar-refractivity contribution is 0.102. The summed E-state index contributed by atoms with van der Waals surface area (Å²) in [5, 5.41) is 3.03. The molecule has 0 radical (unpaired) electrons. The molecular formula is C24H25NO2S2. The van der Waals surface area contributed by atoms with E-state index in [1.54, 1.807) is 23.5 Å². The first kappa shape index (κ1) is 21.3. The molecule has 0 aliphatic heterocycles. The molecule has 0 bridgehead atoms. The third-order valence-electron chi connectivity index (χ3n) is 4.39. The van der Waals surface area contributed by atoms with Crippen LogP contribution in [-0.4, -0.2) is 18.8 Å². The van der Waals surface area contributed by atoms with Gasteiger partial charge in [0.15, 0.2) is 0 Å². The van der Waals surface area contributed by atoms with Gasteiger partial charge in [-0.1, -0.05) is 29.8 Å². The Morgan fingerprint density at radius 1 is 1.03 bits per heavy atom. The third-order valence-corrected chi connectivity index (χ3v) is 6.25. The number of rotatable bonds is 8. The Labute approximate surface area is 181 Å². The van der Waals surface area contributed by atoms with Gasteiger partial charge in [-0.2, -0.15) is 0 Å². The minimum atomic E-state index is -0.115. The number of amides is 1. The second-order valence-corrected chi connectivity index (χ2v) is 8.41. The molecule has 150 valence electrons. The molecule has 3 rings (SSSR count). The molecule has 1 amide bonds. The van der Waals surface area contributed by atoms with Crippen molar-refractivity contribution in [3.63, 3.8) is 0 Å². The quantitative estimate of drug-likeness (QED) is 0.411. The summed E-state index contributed by atoms with van der Waals surface area (Å²) < 4.78 is 5.79. The van der Waals surface area contributed by atoms with Crippen LogP contribution in [0, 0.1) is 6.92 Å². The van der Waals surface area contributed by atoms with Crippen LogP contribution in [0.2, 0.25) is 0 Å². The minimum absolute atomic E-state index is 0.115. The van der Waals surface area contributed by atoms with Crippen molar-refractivity contribution in [1.82, 2.24) is 0 Å². The zero-order valence-electron chi connectivity index (χ0n) is 16.9. The smallest absolute Gasteiger partial charge is 0.255 e. The van der Waals surface area contributed by atoms with Crippen LogP contribution in [-0.2, 0) is 5.75 Å². The molecule has 0 saturated heterocycles. The Balaban J connectivity index is 1.79. The number of aryl methyl sites for hydroxylation is 1. The Kier molecular flexibility index (Phi) is 7.67. The summed E-state index contributed by atoms with van der Waals surface area (Å²) in [5.41, 5.74) is 3.72. The Bertz CT molecular complexity index is 971. The van der Waals surface area contributed by atoms with E-state index >= 15 is 0 Å². The molecule has 0 aliphatic carbocycles. The molecular weight excluding hydrogens is 398 g/mol. The number of para-hydroxylation sites is 1. The van der Waals surface area contributed by atoms with E-state index in [2.05, 4.69) is 36.5 Å². The lowest BCUT2D eigenvalue weighted by Gasteiger charge is -2.13. The van der Waals surface area contributed by atoms with Crippen molar-refractivity contribution >= 4 is 35.1 Å². The molecule has 3 aromatic carbocycles. The summed E-state index contributed by atoms with van der Waals surface area (Å²) in [4.78, 5) is 15.1. The summed E-state index contributed by atoms with van der Waals surface area (Å²) in [6.07, 6.45) is 2.00. The van der Waals surface area contributed by atoms with Crippen molar-refractivity contribution in [2.75, 3.05) is 18.2 Å². The van der Waals surface area contributed by atoms with E-state index in [-0.39, 0.29) is 5.91 Å². The fourth-order valence-electron chi connectivity index (χ4n) is 2.87. The molecule has 0 aliphatic rings. The summed E-state index contributed by atoms with van der Waals surface area (Å²) in [6.45, 7) is 4.64. The van der Waals surface area contributed by atoms with Crippen LogP contribution in [0.1, 0.15) is 28.4 Å². The highest BCUT2D eigenvalue weighted by Gasteiger charge is 2.13. The van der Waals surface area contributed by atoms with Gasteiger partial charge in [0.1, 0.15) is 5.75 Å². The zero-order chi connectivity index (χ0) is 20.6.